The highest BCUT2D eigenvalue weighted by molar-refractivity contribution is 5.54. The van der Waals surface area contributed by atoms with Crippen LogP contribution in [0.3, 0.4) is 0 Å². The third kappa shape index (κ3) is 1.89. The molecule has 0 bridgehead atoms. The Balaban J connectivity index is 2.55. The zero-order chi connectivity index (χ0) is 13.1. The molecule has 0 amide bonds. The predicted molar refractivity (Wildman–Crippen MR) is 63.7 cm³/mol. The van der Waals surface area contributed by atoms with E-state index in [0.29, 0.717) is 11.4 Å². The fourth-order valence-corrected chi connectivity index (χ4v) is 1.66. The van der Waals surface area contributed by atoms with Crippen molar-refractivity contribution in [3.8, 4) is 17.5 Å². The number of nitro groups is 1. The van der Waals surface area contributed by atoms with Crippen LogP contribution < -0.4 is 4.74 Å². The lowest BCUT2D eigenvalue weighted by Crippen LogP contribution is -1.98. The molecule has 90 valence electrons. The molecule has 1 aromatic heterocycles. The van der Waals surface area contributed by atoms with Gasteiger partial charge in [-0.1, -0.05) is 0 Å². The van der Waals surface area contributed by atoms with E-state index in [0.717, 1.165) is 0 Å². The first kappa shape index (κ1) is 11.7. The van der Waals surface area contributed by atoms with Crippen LogP contribution in [0.25, 0.3) is 5.69 Å². The van der Waals surface area contributed by atoms with Gasteiger partial charge in [0.05, 0.1) is 17.7 Å². The molecule has 18 heavy (non-hydrogen) atoms. The monoisotopic (exact) mass is 243 g/mol. The number of nitrogens with zero attached hydrogens (tertiary/aromatic N) is 3. The minimum atomic E-state index is -0.510. The Bertz CT molecular complexity index is 640. The Kier molecular flexibility index (Phi) is 2.98. The summed E-state index contributed by atoms with van der Waals surface area (Å²) in [5.41, 5.74) is 0.983. The maximum absolute atomic E-state index is 10.8. The maximum atomic E-state index is 10.8. The second kappa shape index (κ2) is 4.59. The molecule has 0 atom stereocenters. The molecule has 0 N–H and O–H groups in total. The van der Waals surface area contributed by atoms with Crippen LogP contribution in [0.4, 0.5) is 5.69 Å². The van der Waals surface area contributed by atoms with Crippen molar-refractivity contribution < 1.29 is 9.66 Å². The van der Waals surface area contributed by atoms with Crippen LogP contribution >= 0.6 is 0 Å². The third-order valence-corrected chi connectivity index (χ3v) is 2.50. The first-order valence-corrected chi connectivity index (χ1v) is 5.07. The normalized spacial score (nSPS) is 9.78. The van der Waals surface area contributed by atoms with Crippen LogP contribution in [0.1, 0.15) is 5.69 Å². The highest BCUT2D eigenvalue weighted by Gasteiger charge is 2.15. The number of nitriles is 1. The van der Waals surface area contributed by atoms with Crippen LogP contribution in [0.2, 0.25) is 0 Å². The number of hydrogen-bond donors (Lipinski definition) is 0. The molecule has 0 saturated heterocycles. The summed E-state index contributed by atoms with van der Waals surface area (Å²) in [6, 6.07) is 9.88. The molecule has 0 aliphatic rings. The van der Waals surface area contributed by atoms with E-state index in [1.807, 2.05) is 6.07 Å². The summed E-state index contributed by atoms with van der Waals surface area (Å²) in [5.74, 6) is 0.162. The Hall–Kier alpha value is -2.81. The molecule has 1 aromatic carbocycles. The molecule has 0 aliphatic heterocycles. The van der Waals surface area contributed by atoms with Crippen LogP contribution in [0.5, 0.6) is 5.75 Å². The Morgan fingerprint density at radius 3 is 2.83 bits per heavy atom. The van der Waals surface area contributed by atoms with Crippen molar-refractivity contribution in [2.75, 3.05) is 7.11 Å². The molecule has 0 unspecified atom stereocenters. The second-order valence-electron chi connectivity index (χ2n) is 3.49. The number of rotatable bonds is 3. The van der Waals surface area contributed by atoms with Crippen molar-refractivity contribution in [3.63, 3.8) is 0 Å². The Labute approximate surface area is 103 Å². The van der Waals surface area contributed by atoms with E-state index in [4.69, 9.17) is 10.00 Å². The van der Waals surface area contributed by atoms with Gasteiger partial charge in [0.2, 0.25) is 0 Å². The maximum Gasteiger partial charge on any atom is 0.311 e. The van der Waals surface area contributed by atoms with E-state index in [-0.39, 0.29) is 11.4 Å². The first-order valence-electron chi connectivity index (χ1n) is 5.07. The molecule has 0 aliphatic carbocycles. The van der Waals surface area contributed by atoms with E-state index in [2.05, 4.69) is 0 Å². The lowest BCUT2D eigenvalue weighted by Gasteiger charge is -2.07. The van der Waals surface area contributed by atoms with Crippen molar-refractivity contribution in [1.82, 2.24) is 4.57 Å². The summed E-state index contributed by atoms with van der Waals surface area (Å²) in [6.07, 6.45) is 1.71. The molecule has 0 radical (unpaired) electrons. The SMILES string of the molecule is COc1cc(-n2cccc2C#N)ccc1[N+](=O)[O-]. The number of benzene rings is 1. The summed E-state index contributed by atoms with van der Waals surface area (Å²) in [5, 5.41) is 19.7. The molecule has 6 heteroatoms. The first-order chi connectivity index (χ1) is 8.67. The molecule has 0 saturated carbocycles. The van der Waals surface area contributed by atoms with E-state index in [9.17, 15) is 10.1 Å². The van der Waals surface area contributed by atoms with E-state index in [1.165, 1.54) is 19.2 Å². The van der Waals surface area contributed by atoms with Gasteiger partial charge in [-0.25, -0.2) is 0 Å². The predicted octanol–water partition coefficient (Wildman–Crippen LogP) is 2.27. The summed E-state index contributed by atoms with van der Waals surface area (Å²) in [7, 11) is 1.37. The van der Waals surface area contributed by atoms with Gasteiger partial charge < -0.3 is 9.30 Å². The largest absolute Gasteiger partial charge is 0.490 e. The highest BCUT2D eigenvalue weighted by atomic mass is 16.6. The van der Waals surface area contributed by atoms with Crippen LogP contribution in [0, 0.1) is 21.4 Å². The van der Waals surface area contributed by atoms with Gasteiger partial charge in [-0.3, -0.25) is 10.1 Å². The fourth-order valence-electron chi connectivity index (χ4n) is 1.66. The Morgan fingerprint density at radius 1 is 1.44 bits per heavy atom. The van der Waals surface area contributed by atoms with E-state index < -0.39 is 4.92 Å². The highest BCUT2D eigenvalue weighted by Crippen LogP contribution is 2.29. The average molecular weight is 243 g/mol. The van der Waals surface area contributed by atoms with E-state index >= 15 is 0 Å². The van der Waals surface area contributed by atoms with Crippen molar-refractivity contribution in [2.24, 2.45) is 0 Å². The van der Waals surface area contributed by atoms with Crippen molar-refractivity contribution in [2.45, 2.75) is 0 Å². The van der Waals surface area contributed by atoms with Gasteiger partial charge in [-0.2, -0.15) is 5.26 Å². The van der Waals surface area contributed by atoms with Gasteiger partial charge >= 0.3 is 5.69 Å². The fraction of sp³-hybridized carbons (Fsp3) is 0.0833. The van der Waals surface area contributed by atoms with Crippen molar-refractivity contribution in [1.29, 1.82) is 5.26 Å². The number of methoxy groups -OCH3 is 1. The average Bonchev–Trinajstić information content (AvgIpc) is 2.86. The lowest BCUT2D eigenvalue weighted by atomic mass is 10.2. The summed E-state index contributed by atoms with van der Waals surface area (Å²) in [4.78, 5) is 10.3. The van der Waals surface area contributed by atoms with Gasteiger partial charge in [-0.05, 0) is 18.2 Å². The van der Waals surface area contributed by atoms with Crippen LogP contribution in [-0.4, -0.2) is 16.6 Å². The van der Waals surface area contributed by atoms with Gasteiger partial charge in [0.15, 0.2) is 5.75 Å². The van der Waals surface area contributed by atoms with Gasteiger partial charge in [-0.15, -0.1) is 0 Å². The molecular weight excluding hydrogens is 234 g/mol. The minimum absolute atomic E-state index is 0.105. The number of aromatic nitrogens is 1. The van der Waals surface area contributed by atoms with Crippen molar-refractivity contribution >= 4 is 5.69 Å². The molecular formula is C12H9N3O3. The smallest absolute Gasteiger partial charge is 0.311 e. The minimum Gasteiger partial charge on any atom is -0.490 e. The summed E-state index contributed by atoms with van der Waals surface area (Å²) >= 11 is 0. The number of nitro benzene ring substituents is 1. The van der Waals surface area contributed by atoms with Gasteiger partial charge in [0.25, 0.3) is 0 Å². The zero-order valence-corrected chi connectivity index (χ0v) is 9.53. The second-order valence-corrected chi connectivity index (χ2v) is 3.49. The molecule has 0 fully saturated rings. The molecule has 2 aromatic rings. The summed E-state index contributed by atoms with van der Waals surface area (Å²) in [6.45, 7) is 0. The number of hydrogen-bond acceptors (Lipinski definition) is 4. The molecule has 0 spiro atoms. The Morgan fingerprint density at radius 2 is 2.22 bits per heavy atom. The van der Waals surface area contributed by atoms with Gasteiger partial charge in [0.1, 0.15) is 11.8 Å². The standard InChI is InChI=1S/C12H9N3O3/c1-18-12-7-9(4-5-11(12)15(16)17)14-6-2-3-10(14)8-13/h2-7H,1H3. The molecule has 2 rings (SSSR count). The summed E-state index contributed by atoms with van der Waals surface area (Å²) < 4.78 is 6.61. The number of ether oxygens (including phenoxy) is 1. The third-order valence-electron chi connectivity index (χ3n) is 2.50. The van der Waals surface area contributed by atoms with Gasteiger partial charge in [0, 0.05) is 18.3 Å². The zero-order valence-electron chi connectivity index (χ0n) is 9.53. The van der Waals surface area contributed by atoms with Crippen LogP contribution in [-0.2, 0) is 0 Å². The quantitative estimate of drug-likeness (QED) is 0.611. The topological polar surface area (TPSA) is 81.1 Å². The van der Waals surface area contributed by atoms with E-state index in [1.54, 1.807) is 29.0 Å². The van der Waals surface area contributed by atoms with Crippen LogP contribution in [0.15, 0.2) is 36.5 Å². The van der Waals surface area contributed by atoms with Crippen molar-refractivity contribution in [3.05, 3.63) is 52.3 Å². The lowest BCUT2D eigenvalue weighted by molar-refractivity contribution is -0.385. The molecule has 1 heterocycles. The molecule has 6 nitrogen and oxygen atoms in total.